The maximum Gasteiger partial charge on any atom is 0.308 e. The molecule has 2 bridgehead atoms. The van der Waals surface area contributed by atoms with Crippen LogP contribution >= 0.6 is 22.6 Å². The molecule has 0 radical (unpaired) electrons. The number of carbonyl (C=O) groups excluding carboxylic acids is 1. The minimum atomic E-state index is -0.764. The third kappa shape index (κ3) is 2.17. The van der Waals surface area contributed by atoms with Crippen molar-refractivity contribution in [2.75, 3.05) is 13.1 Å². The van der Waals surface area contributed by atoms with E-state index >= 15 is 0 Å². The van der Waals surface area contributed by atoms with Gasteiger partial charge in [-0.25, -0.2) is 0 Å². The molecule has 3 aliphatic carbocycles. The van der Waals surface area contributed by atoms with Gasteiger partial charge in [0.15, 0.2) is 11.5 Å². The monoisotopic (exact) mass is 495 g/mol. The molecule has 2 heterocycles. The van der Waals surface area contributed by atoms with Gasteiger partial charge in [-0.2, -0.15) is 0 Å². The number of hydrogen-bond donors (Lipinski definition) is 1. The highest BCUT2D eigenvalue weighted by Crippen LogP contribution is 2.66. The fourth-order valence-corrected chi connectivity index (χ4v) is 7.72. The average molecular weight is 495 g/mol. The Morgan fingerprint density at radius 3 is 2.93 bits per heavy atom. The molecule has 1 spiro atoms. The molecule has 3 fully saturated rings. The van der Waals surface area contributed by atoms with Gasteiger partial charge in [0, 0.05) is 29.0 Å². The fraction of sp³-hybridized carbons (Fsp3) is 0.682. The van der Waals surface area contributed by atoms with Crippen LogP contribution in [0.1, 0.15) is 50.2 Å². The zero-order valence-electron chi connectivity index (χ0n) is 16.1. The number of ether oxygens (including phenoxy) is 2. The minimum Gasteiger partial charge on any atom is -0.484 e. The number of carbonyl (C=O) groups is 1. The number of alkyl halides is 1. The van der Waals surface area contributed by atoms with Crippen molar-refractivity contribution in [2.24, 2.45) is 5.92 Å². The molecule has 6 heteroatoms. The number of likely N-dealkylation sites (tertiary alicyclic amines) is 1. The molecule has 5 atom stereocenters. The number of rotatable bonds is 3. The Bertz CT molecular complexity index is 870. The van der Waals surface area contributed by atoms with Gasteiger partial charge in [-0.15, -0.1) is 0 Å². The summed E-state index contributed by atoms with van der Waals surface area (Å²) in [5.74, 6) is 1.72. The van der Waals surface area contributed by atoms with E-state index in [0.29, 0.717) is 15.4 Å². The summed E-state index contributed by atoms with van der Waals surface area (Å²) in [6.07, 6.45) is 6.17. The summed E-state index contributed by atoms with van der Waals surface area (Å²) in [7, 11) is 0. The van der Waals surface area contributed by atoms with Gasteiger partial charge in [-0.05, 0) is 62.6 Å². The van der Waals surface area contributed by atoms with E-state index in [9.17, 15) is 9.90 Å². The van der Waals surface area contributed by atoms with E-state index in [1.165, 1.54) is 25.3 Å². The fourth-order valence-electron chi connectivity index (χ4n) is 6.65. The lowest BCUT2D eigenvalue weighted by Gasteiger charge is -2.63. The van der Waals surface area contributed by atoms with Crippen LogP contribution in [0, 0.1) is 5.92 Å². The molecule has 1 saturated heterocycles. The normalized spacial score (nSPS) is 40.6. The number of hydrogen-bond acceptors (Lipinski definition) is 5. The Labute approximate surface area is 178 Å². The molecule has 1 aromatic rings. The molecular weight excluding hydrogens is 469 g/mol. The lowest BCUT2D eigenvalue weighted by molar-refractivity contribution is -0.182. The van der Waals surface area contributed by atoms with Crippen LogP contribution in [0.3, 0.4) is 0 Å². The summed E-state index contributed by atoms with van der Waals surface area (Å²) >= 11 is 2.50. The Morgan fingerprint density at radius 2 is 2.18 bits per heavy atom. The lowest BCUT2D eigenvalue weighted by Crippen LogP contribution is -2.76. The molecule has 5 aliphatic rings. The van der Waals surface area contributed by atoms with Crippen molar-refractivity contribution in [3.05, 3.63) is 23.3 Å². The molecule has 5 nitrogen and oxygen atoms in total. The van der Waals surface area contributed by atoms with E-state index in [4.69, 9.17) is 9.47 Å². The van der Waals surface area contributed by atoms with Crippen LogP contribution in [0.25, 0.3) is 0 Å². The first-order chi connectivity index (χ1) is 13.4. The number of aliphatic hydroxyl groups is 1. The molecule has 1 N–H and O–H groups in total. The summed E-state index contributed by atoms with van der Waals surface area (Å²) in [6.45, 7) is 3.57. The van der Waals surface area contributed by atoms with Crippen LogP contribution in [0.5, 0.6) is 11.5 Å². The minimum absolute atomic E-state index is 0.0526. The predicted octanol–water partition coefficient (Wildman–Crippen LogP) is 2.98. The summed E-state index contributed by atoms with van der Waals surface area (Å²) < 4.78 is 12.4. The number of benzene rings is 1. The molecule has 28 heavy (non-hydrogen) atoms. The third-order valence-electron chi connectivity index (χ3n) is 7.93. The van der Waals surface area contributed by atoms with Gasteiger partial charge < -0.3 is 14.6 Å². The topological polar surface area (TPSA) is 59.0 Å². The largest absolute Gasteiger partial charge is 0.484 e. The number of piperidine rings is 1. The van der Waals surface area contributed by atoms with E-state index < -0.39 is 5.60 Å². The third-order valence-corrected chi connectivity index (χ3v) is 9.20. The van der Waals surface area contributed by atoms with E-state index in [1.807, 2.05) is 6.07 Å². The first-order valence-corrected chi connectivity index (χ1v) is 11.8. The van der Waals surface area contributed by atoms with Gasteiger partial charge in [0.05, 0.1) is 11.0 Å². The van der Waals surface area contributed by atoms with Crippen molar-refractivity contribution in [1.82, 2.24) is 4.90 Å². The van der Waals surface area contributed by atoms with E-state index in [1.54, 1.807) is 0 Å². The quantitative estimate of drug-likeness (QED) is 0.303. The van der Waals surface area contributed by atoms with Crippen LogP contribution in [0.4, 0.5) is 0 Å². The van der Waals surface area contributed by atoms with Crippen LogP contribution in [0.2, 0.25) is 0 Å². The number of esters is 1. The van der Waals surface area contributed by atoms with Gasteiger partial charge in [-0.1, -0.05) is 28.7 Å². The van der Waals surface area contributed by atoms with Crippen LogP contribution in [-0.4, -0.2) is 50.7 Å². The maximum absolute atomic E-state index is 12.3. The molecule has 0 amide bonds. The standard InChI is InChI=1S/C22H26INO4/c1-12(25)27-16-5-4-14-10-17-22(26)7-6-15(23)20-21(22,18(14)19(16)28-20)8-9-24(17)11-13-2-3-13/h4-5,13,15,17,20,26H,2-3,6-11H2,1H3/t15?,17-,20?,21+,22-/m1/s1. The summed E-state index contributed by atoms with van der Waals surface area (Å²) in [5, 5.41) is 12.3. The molecule has 2 aliphatic heterocycles. The SMILES string of the molecule is CC(=O)Oc1ccc2c3c1OC1C(I)CC[C@@]4(O)[C@@H](C2)N(CC2CC2)CC[C@]314. The Balaban J connectivity index is 1.53. The average Bonchev–Trinajstić information content (AvgIpc) is 3.38. The van der Waals surface area contributed by atoms with Gasteiger partial charge in [-0.3, -0.25) is 9.69 Å². The second-order valence-corrected chi connectivity index (χ2v) is 11.0. The van der Waals surface area contributed by atoms with Crippen molar-refractivity contribution in [3.63, 3.8) is 0 Å². The first-order valence-electron chi connectivity index (χ1n) is 10.6. The molecule has 2 saturated carbocycles. The second kappa shape index (κ2) is 5.85. The lowest BCUT2D eigenvalue weighted by atomic mass is 9.49. The van der Waals surface area contributed by atoms with Crippen LogP contribution in [-0.2, 0) is 16.6 Å². The molecule has 2 unspecified atom stereocenters. The molecule has 1 aromatic carbocycles. The highest BCUT2D eigenvalue weighted by molar-refractivity contribution is 14.1. The van der Waals surface area contributed by atoms with Crippen molar-refractivity contribution in [1.29, 1.82) is 0 Å². The van der Waals surface area contributed by atoms with E-state index in [2.05, 4.69) is 33.6 Å². The summed E-state index contributed by atoms with van der Waals surface area (Å²) in [6, 6.07) is 4.15. The Kier molecular flexibility index (Phi) is 3.75. The van der Waals surface area contributed by atoms with Crippen molar-refractivity contribution < 1.29 is 19.4 Å². The van der Waals surface area contributed by atoms with Crippen LogP contribution in [0.15, 0.2) is 12.1 Å². The van der Waals surface area contributed by atoms with Gasteiger partial charge in [0.1, 0.15) is 6.10 Å². The summed E-state index contributed by atoms with van der Waals surface area (Å²) in [5.41, 5.74) is 1.28. The zero-order chi connectivity index (χ0) is 19.3. The molecule has 0 aromatic heterocycles. The number of nitrogens with zero attached hydrogens (tertiary/aromatic N) is 1. The van der Waals surface area contributed by atoms with Crippen molar-refractivity contribution >= 4 is 28.6 Å². The van der Waals surface area contributed by atoms with E-state index in [-0.39, 0.29) is 23.5 Å². The predicted molar refractivity (Wildman–Crippen MR) is 112 cm³/mol. The van der Waals surface area contributed by atoms with Crippen molar-refractivity contribution in [2.45, 2.75) is 72.5 Å². The Hall–Kier alpha value is -0.860. The summed E-state index contributed by atoms with van der Waals surface area (Å²) in [4.78, 5) is 14.2. The van der Waals surface area contributed by atoms with Crippen molar-refractivity contribution in [3.8, 4) is 11.5 Å². The molecule has 6 rings (SSSR count). The second-order valence-electron chi connectivity index (χ2n) is 9.42. The number of halogens is 1. The smallest absolute Gasteiger partial charge is 0.308 e. The zero-order valence-corrected chi connectivity index (χ0v) is 18.3. The first kappa shape index (κ1) is 18.0. The highest BCUT2D eigenvalue weighted by atomic mass is 127. The van der Waals surface area contributed by atoms with Gasteiger partial charge >= 0.3 is 5.97 Å². The van der Waals surface area contributed by atoms with Gasteiger partial charge in [0.25, 0.3) is 0 Å². The Morgan fingerprint density at radius 1 is 1.36 bits per heavy atom. The highest BCUT2D eigenvalue weighted by Gasteiger charge is 2.72. The van der Waals surface area contributed by atoms with E-state index in [0.717, 1.165) is 50.3 Å². The maximum atomic E-state index is 12.3. The molecule has 150 valence electrons. The molecular formula is C22H26INO4. The van der Waals surface area contributed by atoms with Crippen LogP contribution < -0.4 is 9.47 Å². The van der Waals surface area contributed by atoms with Gasteiger partial charge in [0.2, 0.25) is 0 Å².